The van der Waals surface area contributed by atoms with E-state index in [2.05, 4.69) is 22.0 Å². The molecule has 6 heteroatoms. The van der Waals surface area contributed by atoms with Crippen molar-refractivity contribution >= 4 is 5.78 Å². The summed E-state index contributed by atoms with van der Waals surface area (Å²) < 4.78 is 10.9. The van der Waals surface area contributed by atoms with Crippen LogP contribution in [0.5, 0.6) is 0 Å². The summed E-state index contributed by atoms with van der Waals surface area (Å²) >= 11 is 0. The van der Waals surface area contributed by atoms with Crippen LogP contribution in [-0.2, 0) is 9.53 Å². The van der Waals surface area contributed by atoms with Crippen molar-refractivity contribution in [1.82, 2.24) is 15.0 Å². The van der Waals surface area contributed by atoms with E-state index in [0.717, 1.165) is 32.5 Å². The molecule has 0 aromatic carbocycles. The largest absolute Gasteiger partial charge is 0.367 e. The van der Waals surface area contributed by atoms with E-state index < -0.39 is 0 Å². The number of hydrogen-bond acceptors (Lipinski definition) is 6. The maximum atomic E-state index is 11.7. The Balaban J connectivity index is 1.72. The highest BCUT2D eigenvalue weighted by molar-refractivity contribution is 5.86. The lowest BCUT2D eigenvalue weighted by molar-refractivity contribution is -0.119. The molecule has 1 aliphatic heterocycles. The number of morpholine rings is 1. The van der Waals surface area contributed by atoms with Gasteiger partial charge in [-0.05, 0) is 19.4 Å². The minimum Gasteiger partial charge on any atom is -0.367 e. The Bertz CT molecular complexity index is 460. The molecule has 2 aliphatic rings. The summed E-state index contributed by atoms with van der Waals surface area (Å²) in [7, 11) is 0. The van der Waals surface area contributed by atoms with Crippen molar-refractivity contribution in [3.05, 3.63) is 11.7 Å². The number of ketones is 1. The van der Waals surface area contributed by atoms with Crippen molar-refractivity contribution < 1.29 is 14.1 Å². The zero-order valence-electron chi connectivity index (χ0n) is 11.2. The molecule has 1 aliphatic carbocycles. The Hall–Kier alpha value is -1.27. The predicted octanol–water partition coefficient (Wildman–Crippen LogP) is 1.30. The number of carbonyl (C=O) groups excluding carboxylic acids is 1. The molecule has 0 N–H and O–H groups in total. The summed E-state index contributed by atoms with van der Waals surface area (Å²) in [5, 5.41) is 4.00. The van der Waals surface area contributed by atoms with Crippen LogP contribution in [0.1, 0.15) is 49.9 Å². The fourth-order valence-electron chi connectivity index (χ4n) is 2.74. The number of hydrogen-bond donors (Lipinski definition) is 0. The summed E-state index contributed by atoms with van der Waals surface area (Å²) in [6.07, 6.45) is 2.24. The van der Waals surface area contributed by atoms with E-state index in [4.69, 9.17) is 9.26 Å². The highest BCUT2D eigenvalue weighted by atomic mass is 16.5. The normalized spacial score (nSPS) is 29.0. The van der Waals surface area contributed by atoms with Crippen LogP contribution in [0.2, 0.25) is 0 Å². The Morgan fingerprint density at radius 2 is 2.37 bits per heavy atom. The van der Waals surface area contributed by atoms with Gasteiger partial charge in [0.15, 0.2) is 0 Å². The number of rotatable bonds is 3. The van der Waals surface area contributed by atoms with E-state index in [1.54, 1.807) is 0 Å². The standard InChI is InChI=1S/C13H19N3O3/c1-2-16-6-7-18-11(8-16)12-14-13(19-15-12)9-4-3-5-10(9)17/h9,11H,2-8H2,1H3. The molecule has 0 radical (unpaired) electrons. The van der Waals surface area contributed by atoms with E-state index in [1.807, 2.05) is 0 Å². The molecule has 2 fully saturated rings. The monoisotopic (exact) mass is 265 g/mol. The molecule has 0 spiro atoms. The minimum atomic E-state index is -0.188. The molecule has 1 saturated carbocycles. The lowest BCUT2D eigenvalue weighted by atomic mass is 10.1. The fraction of sp³-hybridized carbons (Fsp3) is 0.769. The lowest BCUT2D eigenvalue weighted by Gasteiger charge is -2.30. The smallest absolute Gasteiger partial charge is 0.237 e. The SMILES string of the molecule is CCN1CCOC(c2noc(C3CCCC3=O)n2)C1. The van der Waals surface area contributed by atoms with Crippen molar-refractivity contribution in [2.24, 2.45) is 0 Å². The van der Waals surface area contributed by atoms with Crippen LogP contribution in [0.15, 0.2) is 4.52 Å². The molecular formula is C13H19N3O3. The number of nitrogens with zero attached hydrogens (tertiary/aromatic N) is 3. The minimum absolute atomic E-state index is 0.136. The quantitative estimate of drug-likeness (QED) is 0.820. The summed E-state index contributed by atoms with van der Waals surface area (Å²) in [6.45, 7) is 5.53. The first-order valence-corrected chi connectivity index (χ1v) is 6.98. The van der Waals surface area contributed by atoms with Crippen LogP contribution < -0.4 is 0 Å². The Labute approximate surface area is 112 Å². The number of carbonyl (C=O) groups is 1. The van der Waals surface area contributed by atoms with Crippen molar-refractivity contribution in [1.29, 1.82) is 0 Å². The molecule has 104 valence electrons. The van der Waals surface area contributed by atoms with Crippen LogP contribution in [0.25, 0.3) is 0 Å². The van der Waals surface area contributed by atoms with Gasteiger partial charge in [0.2, 0.25) is 11.7 Å². The summed E-state index contributed by atoms with van der Waals surface area (Å²) in [5.74, 6) is 1.07. The second-order valence-corrected chi connectivity index (χ2v) is 5.15. The van der Waals surface area contributed by atoms with Crippen molar-refractivity contribution in [2.75, 3.05) is 26.2 Å². The second-order valence-electron chi connectivity index (χ2n) is 5.15. The highest BCUT2D eigenvalue weighted by Gasteiger charge is 2.33. The molecule has 2 atom stereocenters. The van der Waals surface area contributed by atoms with Gasteiger partial charge >= 0.3 is 0 Å². The van der Waals surface area contributed by atoms with Crippen LogP contribution in [0.4, 0.5) is 0 Å². The zero-order valence-corrected chi connectivity index (χ0v) is 11.2. The van der Waals surface area contributed by atoms with Crippen LogP contribution >= 0.6 is 0 Å². The second kappa shape index (κ2) is 5.38. The molecular weight excluding hydrogens is 246 g/mol. The third-order valence-corrected chi connectivity index (χ3v) is 3.95. The topological polar surface area (TPSA) is 68.5 Å². The molecule has 19 heavy (non-hydrogen) atoms. The summed E-state index contributed by atoms with van der Waals surface area (Å²) in [4.78, 5) is 18.4. The van der Waals surface area contributed by atoms with Crippen LogP contribution in [0, 0.1) is 0 Å². The average molecular weight is 265 g/mol. The molecule has 1 aromatic rings. The molecule has 1 saturated heterocycles. The molecule has 0 bridgehead atoms. The summed E-state index contributed by atoms with van der Waals surface area (Å²) in [6, 6.07) is 0. The van der Waals surface area contributed by atoms with E-state index in [1.165, 1.54) is 0 Å². The third-order valence-electron chi connectivity index (χ3n) is 3.95. The van der Waals surface area contributed by atoms with E-state index in [9.17, 15) is 4.79 Å². The molecule has 1 aromatic heterocycles. The van der Waals surface area contributed by atoms with E-state index in [0.29, 0.717) is 24.7 Å². The van der Waals surface area contributed by atoms with Crippen molar-refractivity contribution in [2.45, 2.75) is 38.2 Å². The maximum Gasteiger partial charge on any atom is 0.237 e. The van der Waals surface area contributed by atoms with Gasteiger partial charge in [-0.15, -0.1) is 0 Å². The summed E-state index contributed by atoms with van der Waals surface area (Å²) in [5.41, 5.74) is 0. The highest BCUT2D eigenvalue weighted by Crippen LogP contribution is 2.31. The fourth-order valence-corrected chi connectivity index (χ4v) is 2.74. The van der Waals surface area contributed by atoms with Crippen molar-refractivity contribution in [3.63, 3.8) is 0 Å². The zero-order chi connectivity index (χ0) is 13.2. The Morgan fingerprint density at radius 1 is 1.47 bits per heavy atom. The van der Waals surface area contributed by atoms with Gasteiger partial charge in [-0.2, -0.15) is 4.98 Å². The van der Waals surface area contributed by atoms with Crippen LogP contribution in [0.3, 0.4) is 0 Å². The molecule has 6 nitrogen and oxygen atoms in total. The van der Waals surface area contributed by atoms with Gasteiger partial charge in [-0.3, -0.25) is 9.69 Å². The first-order chi connectivity index (χ1) is 9.28. The maximum absolute atomic E-state index is 11.7. The Morgan fingerprint density at radius 3 is 3.11 bits per heavy atom. The first-order valence-electron chi connectivity index (χ1n) is 6.98. The lowest BCUT2D eigenvalue weighted by Crippen LogP contribution is -2.38. The number of likely N-dealkylation sites (N-methyl/N-ethyl adjacent to an activating group) is 1. The molecule has 3 rings (SSSR count). The number of Topliss-reactive ketones (excluding diaryl/α,β-unsaturated/α-hetero) is 1. The van der Waals surface area contributed by atoms with Gasteiger partial charge in [0, 0.05) is 19.5 Å². The van der Waals surface area contributed by atoms with Gasteiger partial charge in [0.1, 0.15) is 11.9 Å². The average Bonchev–Trinajstić information content (AvgIpc) is 3.07. The Kier molecular flexibility index (Phi) is 3.61. The number of ether oxygens (including phenoxy) is 1. The first kappa shape index (κ1) is 12.7. The van der Waals surface area contributed by atoms with E-state index in [-0.39, 0.29) is 17.8 Å². The van der Waals surface area contributed by atoms with E-state index >= 15 is 0 Å². The predicted molar refractivity (Wildman–Crippen MR) is 66.7 cm³/mol. The molecule has 0 amide bonds. The van der Waals surface area contributed by atoms with Gasteiger partial charge in [0.25, 0.3) is 0 Å². The molecule has 2 heterocycles. The van der Waals surface area contributed by atoms with Gasteiger partial charge in [-0.25, -0.2) is 0 Å². The van der Waals surface area contributed by atoms with Gasteiger partial charge in [0.05, 0.1) is 12.5 Å². The van der Waals surface area contributed by atoms with Gasteiger partial charge in [-0.1, -0.05) is 12.1 Å². The third kappa shape index (κ3) is 2.55. The number of aromatic nitrogens is 2. The van der Waals surface area contributed by atoms with Crippen molar-refractivity contribution in [3.8, 4) is 0 Å². The molecule has 2 unspecified atom stereocenters. The van der Waals surface area contributed by atoms with Crippen LogP contribution in [-0.4, -0.2) is 47.1 Å². The van der Waals surface area contributed by atoms with Gasteiger partial charge < -0.3 is 9.26 Å².